The van der Waals surface area contributed by atoms with Crippen molar-refractivity contribution in [3.05, 3.63) is 39.2 Å². The fraction of sp³-hybridized carbons (Fsp3) is 0.375. The average molecular weight is 394 g/mol. The summed E-state index contributed by atoms with van der Waals surface area (Å²) in [6.45, 7) is 3.15. The van der Waals surface area contributed by atoms with E-state index in [0.717, 1.165) is 52.2 Å². The normalized spacial score (nSPS) is 21.0. The highest BCUT2D eigenvalue weighted by molar-refractivity contribution is 9.10. The summed E-state index contributed by atoms with van der Waals surface area (Å²) < 4.78 is 6.43. The Morgan fingerprint density at radius 2 is 2.17 bits per heavy atom. The predicted octanol–water partition coefficient (Wildman–Crippen LogP) is 3.22. The van der Waals surface area contributed by atoms with Crippen molar-refractivity contribution in [2.75, 3.05) is 36.5 Å². The Labute approximate surface area is 146 Å². The molecule has 1 atom stereocenters. The molecule has 2 aliphatic heterocycles. The summed E-state index contributed by atoms with van der Waals surface area (Å²) in [6, 6.07) is 8.17. The van der Waals surface area contributed by atoms with E-state index in [-0.39, 0.29) is 11.8 Å². The van der Waals surface area contributed by atoms with E-state index in [1.165, 1.54) is 0 Å². The van der Waals surface area contributed by atoms with Gasteiger partial charge in [0.1, 0.15) is 5.82 Å². The molecule has 1 amide bonds. The number of fused-ring (bicyclic) bond motifs is 1. The molecule has 0 unspecified atom stereocenters. The number of rotatable bonds is 2. The van der Waals surface area contributed by atoms with Crippen molar-refractivity contribution in [3.8, 4) is 0 Å². The van der Waals surface area contributed by atoms with Crippen molar-refractivity contribution in [2.45, 2.75) is 12.3 Å². The maximum Gasteiger partial charge on any atom is 0.226 e. The number of nitrogens with zero attached hydrogens (tertiary/aromatic N) is 2. The van der Waals surface area contributed by atoms with E-state index in [1.807, 2.05) is 12.1 Å². The third-order valence-corrected chi connectivity index (χ3v) is 5.86. The number of hydrogen-bond acceptors (Lipinski definition) is 5. The minimum Gasteiger partial charge on any atom is -0.378 e. The van der Waals surface area contributed by atoms with E-state index >= 15 is 0 Å². The van der Waals surface area contributed by atoms with Crippen LogP contribution >= 0.6 is 27.3 Å². The van der Waals surface area contributed by atoms with Crippen molar-refractivity contribution in [3.63, 3.8) is 0 Å². The van der Waals surface area contributed by atoms with Crippen LogP contribution < -0.4 is 10.2 Å². The van der Waals surface area contributed by atoms with Crippen molar-refractivity contribution >= 4 is 44.1 Å². The summed E-state index contributed by atoms with van der Waals surface area (Å²) in [5.74, 6) is 0.822. The molecular weight excluding hydrogens is 378 g/mol. The zero-order valence-corrected chi connectivity index (χ0v) is 14.8. The maximum atomic E-state index is 12.1. The second kappa shape index (κ2) is 6.22. The predicted molar refractivity (Wildman–Crippen MR) is 94.4 cm³/mol. The third kappa shape index (κ3) is 3.00. The summed E-state index contributed by atoms with van der Waals surface area (Å²) in [5, 5.41) is 3.90. The number of hydrogen-bond donors (Lipinski definition) is 1. The van der Waals surface area contributed by atoms with Gasteiger partial charge in [-0.25, -0.2) is 4.98 Å². The van der Waals surface area contributed by atoms with Gasteiger partial charge in [0.25, 0.3) is 0 Å². The Morgan fingerprint density at radius 3 is 2.96 bits per heavy atom. The van der Waals surface area contributed by atoms with Crippen LogP contribution in [0.25, 0.3) is 0 Å². The minimum absolute atomic E-state index is 0.0290. The van der Waals surface area contributed by atoms with Crippen molar-refractivity contribution in [1.29, 1.82) is 0 Å². The zero-order valence-electron chi connectivity index (χ0n) is 12.4. The average Bonchev–Trinajstić information content (AvgIpc) is 2.98. The molecular formula is C16H16BrN3O2S. The highest BCUT2D eigenvalue weighted by atomic mass is 79.9. The first-order valence-electron chi connectivity index (χ1n) is 7.59. The second-order valence-corrected chi connectivity index (χ2v) is 7.59. The summed E-state index contributed by atoms with van der Waals surface area (Å²) in [7, 11) is 0. The van der Waals surface area contributed by atoms with Gasteiger partial charge in [-0.1, -0.05) is 39.4 Å². The Morgan fingerprint density at radius 1 is 1.35 bits per heavy atom. The lowest BCUT2D eigenvalue weighted by atomic mass is 9.92. The number of halogens is 1. The van der Waals surface area contributed by atoms with Crippen LogP contribution in [0.3, 0.4) is 0 Å². The van der Waals surface area contributed by atoms with Gasteiger partial charge in [-0.05, 0) is 17.7 Å². The van der Waals surface area contributed by atoms with Crippen LogP contribution in [0.5, 0.6) is 0 Å². The summed E-state index contributed by atoms with van der Waals surface area (Å²) in [5.41, 5.74) is 1.15. The number of benzene rings is 1. The molecule has 1 saturated heterocycles. The molecule has 0 radical (unpaired) electrons. The first-order chi connectivity index (χ1) is 11.2. The Kier molecular flexibility index (Phi) is 4.09. The SMILES string of the molecule is O=C1C[C@@H](c2cccc(Br)c2)c2sc(N3CCOCC3)nc2N1. The summed E-state index contributed by atoms with van der Waals surface area (Å²) in [4.78, 5) is 20.1. The van der Waals surface area contributed by atoms with Crippen LogP contribution in [0.4, 0.5) is 10.9 Å². The molecule has 7 heteroatoms. The van der Waals surface area contributed by atoms with Gasteiger partial charge in [-0.15, -0.1) is 0 Å². The van der Waals surface area contributed by atoms with Crippen LogP contribution in [0.15, 0.2) is 28.7 Å². The van der Waals surface area contributed by atoms with Crippen LogP contribution in [-0.4, -0.2) is 37.2 Å². The highest BCUT2D eigenvalue weighted by Gasteiger charge is 2.31. The number of nitrogens with one attached hydrogen (secondary N) is 1. The fourth-order valence-corrected chi connectivity index (χ4v) is 4.61. The molecule has 2 aliphatic rings. The van der Waals surface area contributed by atoms with Gasteiger partial charge in [0, 0.05) is 29.9 Å². The molecule has 23 heavy (non-hydrogen) atoms. The van der Waals surface area contributed by atoms with Gasteiger partial charge in [0.2, 0.25) is 5.91 Å². The van der Waals surface area contributed by atoms with Crippen molar-refractivity contribution < 1.29 is 9.53 Å². The lowest BCUT2D eigenvalue weighted by molar-refractivity contribution is -0.116. The molecule has 3 heterocycles. The van der Waals surface area contributed by atoms with Gasteiger partial charge in [0.05, 0.1) is 18.1 Å². The van der Waals surface area contributed by atoms with Crippen LogP contribution in [-0.2, 0) is 9.53 Å². The van der Waals surface area contributed by atoms with E-state index in [2.05, 4.69) is 43.3 Å². The van der Waals surface area contributed by atoms with Gasteiger partial charge in [-0.2, -0.15) is 0 Å². The molecule has 0 bridgehead atoms. The number of carbonyl (C=O) groups excluding carboxylic acids is 1. The molecule has 0 spiro atoms. The molecule has 0 aliphatic carbocycles. The monoisotopic (exact) mass is 393 g/mol. The van der Waals surface area contributed by atoms with Gasteiger partial charge < -0.3 is 15.0 Å². The molecule has 1 N–H and O–H groups in total. The first-order valence-corrected chi connectivity index (χ1v) is 9.20. The van der Waals surface area contributed by atoms with Crippen LogP contribution in [0.2, 0.25) is 0 Å². The summed E-state index contributed by atoms with van der Waals surface area (Å²) >= 11 is 5.20. The molecule has 1 fully saturated rings. The summed E-state index contributed by atoms with van der Waals surface area (Å²) in [6.07, 6.45) is 0.466. The fourth-order valence-electron chi connectivity index (χ4n) is 2.99. The van der Waals surface area contributed by atoms with Crippen LogP contribution in [0.1, 0.15) is 22.8 Å². The van der Waals surface area contributed by atoms with Crippen LogP contribution in [0, 0.1) is 0 Å². The van der Waals surface area contributed by atoms with E-state index in [0.29, 0.717) is 6.42 Å². The molecule has 2 aromatic rings. The number of thiazole rings is 1. The maximum absolute atomic E-state index is 12.1. The van der Waals surface area contributed by atoms with Gasteiger partial charge >= 0.3 is 0 Å². The topological polar surface area (TPSA) is 54.5 Å². The number of anilines is 2. The standard InChI is InChI=1S/C16H16BrN3O2S/c17-11-3-1-2-10(8-11)12-9-13(21)18-15-14(12)23-16(19-15)20-4-6-22-7-5-20/h1-3,8,12H,4-7,9H2,(H,18,21)/t12-/m0/s1. The lowest BCUT2D eigenvalue weighted by Crippen LogP contribution is -2.36. The Balaban J connectivity index is 1.71. The zero-order chi connectivity index (χ0) is 15.8. The van der Waals surface area contributed by atoms with E-state index in [1.54, 1.807) is 11.3 Å². The molecule has 4 rings (SSSR count). The Hall–Kier alpha value is -1.44. The quantitative estimate of drug-likeness (QED) is 0.850. The third-order valence-electron chi connectivity index (χ3n) is 4.14. The first kappa shape index (κ1) is 15.1. The minimum atomic E-state index is 0.0290. The van der Waals surface area contributed by atoms with Gasteiger partial charge in [-0.3, -0.25) is 4.79 Å². The van der Waals surface area contributed by atoms with Crippen molar-refractivity contribution in [1.82, 2.24) is 4.98 Å². The number of aromatic nitrogens is 1. The molecule has 5 nitrogen and oxygen atoms in total. The second-order valence-electron chi connectivity index (χ2n) is 5.67. The van der Waals surface area contributed by atoms with E-state index in [4.69, 9.17) is 4.74 Å². The number of ether oxygens (including phenoxy) is 1. The van der Waals surface area contributed by atoms with Crippen molar-refractivity contribution in [2.24, 2.45) is 0 Å². The number of morpholine rings is 1. The largest absolute Gasteiger partial charge is 0.378 e. The lowest BCUT2D eigenvalue weighted by Gasteiger charge is -2.26. The van der Waals surface area contributed by atoms with Gasteiger partial charge in [0.15, 0.2) is 5.13 Å². The molecule has 0 saturated carbocycles. The molecule has 1 aromatic carbocycles. The molecule has 120 valence electrons. The number of carbonyl (C=O) groups is 1. The number of amides is 1. The smallest absolute Gasteiger partial charge is 0.226 e. The Bertz CT molecular complexity index is 743. The van der Waals surface area contributed by atoms with E-state index < -0.39 is 0 Å². The highest BCUT2D eigenvalue weighted by Crippen LogP contribution is 2.43. The molecule has 1 aromatic heterocycles. The van der Waals surface area contributed by atoms with E-state index in [9.17, 15) is 4.79 Å².